The van der Waals surface area contributed by atoms with Crippen molar-refractivity contribution >= 4 is 14.9 Å². The molecule has 0 aromatic carbocycles. The van der Waals surface area contributed by atoms with Crippen molar-refractivity contribution in [2.24, 2.45) is 0 Å². The number of rotatable bonds is 9. The van der Waals surface area contributed by atoms with Crippen LogP contribution in [0.4, 0.5) is 0 Å². The minimum atomic E-state index is -2.66. The van der Waals surface area contributed by atoms with Crippen LogP contribution >= 0.6 is 14.9 Å². The van der Waals surface area contributed by atoms with Crippen molar-refractivity contribution in [3.8, 4) is 0 Å². The van der Waals surface area contributed by atoms with Crippen molar-refractivity contribution in [3.63, 3.8) is 0 Å². The Hall–Kier alpha value is 0.580. The van der Waals surface area contributed by atoms with E-state index in [2.05, 4.69) is 55.4 Å². The van der Waals surface area contributed by atoms with Gasteiger partial charge in [-0.1, -0.05) is 68.2 Å². The fourth-order valence-corrected chi connectivity index (χ4v) is 10.6. The zero-order valence-electron chi connectivity index (χ0n) is 15.4. The van der Waals surface area contributed by atoms with Crippen LogP contribution in [-0.4, -0.2) is 23.5 Å². The Balaban J connectivity index is 5.32. The first-order valence-corrected chi connectivity index (χ1v) is 11.8. The first-order chi connectivity index (χ1) is 9.52. The van der Waals surface area contributed by atoms with Gasteiger partial charge < -0.3 is 13.6 Å². The van der Waals surface area contributed by atoms with Crippen LogP contribution < -0.4 is 0 Å². The maximum atomic E-state index is 13.9. The molecule has 0 amide bonds. The van der Waals surface area contributed by atoms with E-state index in [1.165, 1.54) is 0 Å². The molecule has 0 rings (SSSR count). The molecule has 0 spiro atoms. The van der Waals surface area contributed by atoms with Crippen molar-refractivity contribution in [1.82, 2.24) is 0 Å². The fourth-order valence-electron chi connectivity index (χ4n) is 2.27. The topological polar surface area (TPSA) is 35.5 Å². The van der Waals surface area contributed by atoms with Gasteiger partial charge in [0.25, 0.3) is 0 Å². The number of unbranched alkanes of at least 4 members (excludes halogenated alkanes) is 2. The van der Waals surface area contributed by atoms with Crippen molar-refractivity contribution in [2.75, 3.05) is 13.2 Å². The average Bonchev–Trinajstić information content (AvgIpc) is 2.33. The van der Waals surface area contributed by atoms with E-state index in [0.29, 0.717) is 13.2 Å². The molecule has 21 heavy (non-hydrogen) atoms. The molecule has 0 saturated carbocycles. The third-order valence-corrected chi connectivity index (χ3v) is 14.0. The minimum Gasteiger partial charge on any atom is -0.329 e. The maximum Gasteiger partial charge on any atom is 0.236 e. The van der Waals surface area contributed by atoms with Crippen molar-refractivity contribution in [3.05, 3.63) is 0 Å². The molecule has 0 saturated heterocycles. The molecule has 0 atom stereocenters. The quantitative estimate of drug-likeness (QED) is 0.342. The van der Waals surface area contributed by atoms with Gasteiger partial charge in [-0.3, -0.25) is 0 Å². The molecule has 0 aliphatic heterocycles. The predicted molar refractivity (Wildman–Crippen MR) is 95.8 cm³/mol. The van der Waals surface area contributed by atoms with Crippen LogP contribution in [0.25, 0.3) is 0 Å². The maximum absolute atomic E-state index is 13.9. The highest BCUT2D eigenvalue weighted by molar-refractivity contribution is 8.30. The predicted octanol–water partition coefficient (Wildman–Crippen LogP) is 6.81. The zero-order valence-corrected chi connectivity index (χ0v) is 17.2. The average molecular weight is 338 g/mol. The van der Waals surface area contributed by atoms with Gasteiger partial charge in [-0.15, -0.1) is 0 Å². The van der Waals surface area contributed by atoms with Crippen LogP contribution in [0, 0.1) is 0 Å². The minimum absolute atomic E-state index is 0.310. The van der Waals surface area contributed by atoms with E-state index in [1.807, 2.05) is 0 Å². The summed E-state index contributed by atoms with van der Waals surface area (Å²) in [6, 6.07) is 0. The van der Waals surface area contributed by atoms with E-state index in [0.717, 1.165) is 25.7 Å². The van der Waals surface area contributed by atoms with Gasteiger partial charge in [0, 0.05) is 10.3 Å². The number of hydrogen-bond donors (Lipinski definition) is 0. The van der Waals surface area contributed by atoms with Gasteiger partial charge in [0.15, 0.2) is 6.83 Å². The summed E-state index contributed by atoms with van der Waals surface area (Å²) in [7, 11) is -1.35. The van der Waals surface area contributed by atoms with Gasteiger partial charge >= 0.3 is 0 Å². The Kier molecular flexibility index (Phi) is 9.27. The van der Waals surface area contributed by atoms with Crippen LogP contribution in [-0.2, 0) is 13.6 Å². The second-order valence-corrected chi connectivity index (χ2v) is 15.0. The normalized spacial score (nSPS) is 14.0. The van der Waals surface area contributed by atoms with Crippen molar-refractivity contribution in [1.29, 1.82) is 0 Å². The molecule has 0 bridgehead atoms. The summed E-state index contributed by atoms with van der Waals surface area (Å²) in [6.07, 6.45) is 4.13. The van der Waals surface area contributed by atoms with E-state index in [1.54, 1.807) is 0 Å². The third kappa shape index (κ3) is 5.94. The first kappa shape index (κ1) is 21.6. The molecule has 0 unspecified atom stereocenters. The van der Waals surface area contributed by atoms with Gasteiger partial charge in [0.2, 0.25) is 8.06 Å². The summed E-state index contributed by atoms with van der Waals surface area (Å²) in [5, 5.41) is -0.620. The fraction of sp³-hybridized carbons (Fsp3) is 1.00. The van der Waals surface area contributed by atoms with E-state index >= 15 is 0 Å². The Bertz CT molecular complexity index is 301. The SMILES string of the molecule is CCCCOP(OCCCC)P(=O)(C(C)(C)C)C(C)(C)C. The lowest BCUT2D eigenvalue weighted by atomic mass is 10.2. The van der Waals surface area contributed by atoms with Crippen LogP contribution in [0.3, 0.4) is 0 Å². The van der Waals surface area contributed by atoms with Crippen LogP contribution in [0.1, 0.15) is 81.1 Å². The van der Waals surface area contributed by atoms with Gasteiger partial charge in [-0.2, -0.15) is 0 Å². The van der Waals surface area contributed by atoms with Gasteiger partial charge in [0.05, 0.1) is 13.2 Å². The highest BCUT2D eigenvalue weighted by Gasteiger charge is 2.54. The Morgan fingerprint density at radius 1 is 0.810 bits per heavy atom. The second-order valence-electron chi connectivity index (χ2n) is 7.53. The Morgan fingerprint density at radius 3 is 1.38 bits per heavy atom. The lowest BCUT2D eigenvalue weighted by Gasteiger charge is -2.43. The lowest BCUT2D eigenvalue weighted by Crippen LogP contribution is -2.28. The summed E-state index contributed by atoms with van der Waals surface area (Å²) >= 11 is 0. The zero-order chi connectivity index (χ0) is 16.7. The molecular weight excluding hydrogens is 302 g/mol. The van der Waals surface area contributed by atoms with E-state index < -0.39 is 14.9 Å². The smallest absolute Gasteiger partial charge is 0.236 e. The van der Waals surface area contributed by atoms with Gasteiger partial charge in [-0.25, -0.2) is 0 Å². The molecule has 5 heteroatoms. The Morgan fingerprint density at radius 2 is 1.14 bits per heavy atom. The molecule has 0 fully saturated rings. The highest BCUT2D eigenvalue weighted by atomic mass is 32.1. The number of hydrogen-bond acceptors (Lipinski definition) is 3. The molecule has 3 nitrogen and oxygen atoms in total. The van der Waals surface area contributed by atoms with E-state index in [9.17, 15) is 4.57 Å². The highest BCUT2D eigenvalue weighted by Crippen LogP contribution is 2.87. The molecule has 0 aliphatic carbocycles. The van der Waals surface area contributed by atoms with Crippen molar-refractivity contribution < 1.29 is 13.6 Å². The molecule has 0 radical (unpaired) electrons. The summed E-state index contributed by atoms with van der Waals surface area (Å²) in [4.78, 5) is 0. The summed E-state index contributed by atoms with van der Waals surface area (Å²) in [5.41, 5.74) is 0. The van der Waals surface area contributed by atoms with Gasteiger partial charge in [0.1, 0.15) is 0 Å². The molecular formula is C16H36O3P2. The second kappa shape index (κ2) is 9.02. The largest absolute Gasteiger partial charge is 0.329 e. The summed E-state index contributed by atoms with van der Waals surface area (Å²) < 4.78 is 26.0. The van der Waals surface area contributed by atoms with Gasteiger partial charge in [-0.05, 0) is 12.8 Å². The van der Waals surface area contributed by atoms with Crippen LogP contribution in [0.2, 0.25) is 0 Å². The third-order valence-electron chi connectivity index (χ3n) is 3.45. The monoisotopic (exact) mass is 338 g/mol. The molecule has 0 heterocycles. The molecule has 0 aromatic heterocycles. The summed E-state index contributed by atoms with van der Waals surface area (Å²) in [6.45, 7) is 15.2. The summed E-state index contributed by atoms with van der Waals surface area (Å²) in [5.74, 6) is 0. The molecule has 0 aromatic rings. The molecule has 0 N–H and O–H groups in total. The first-order valence-electron chi connectivity index (χ1n) is 8.19. The molecule has 128 valence electrons. The Labute approximate surface area is 133 Å². The van der Waals surface area contributed by atoms with Crippen LogP contribution in [0.15, 0.2) is 0 Å². The van der Waals surface area contributed by atoms with E-state index in [-0.39, 0.29) is 10.3 Å². The standard InChI is InChI=1S/C16H36O3P2/c1-9-11-13-18-20(19-14-12-10-2)21(17,15(3,4)5)16(6,7)8/h9-14H2,1-8H3. The van der Waals surface area contributed by atoms with Crippen LogP contribution in [0.5, 0.6) is 0 Å². The van der Waals surface area contributed by atoms with Crippen molar-refractivity contribution in [2.45, 2.75) is 91.4 Å². The van der Waals surface area contributed by atoms with E-state index in [4.69, 9.17) is 9.05 Å². The molecule has 0 aliphatic rings. The lowest BCUT2D eigenvalue weighted by molar-refractivity contribution is 0.251.